The third kappa shape index (κ3) is 3.29. The molecule has 0 aliphatic heterocycles. The standard InChI is InChI=1S/C6H11Cl3O/c1-3-4(2)5(10)6(7,8)9/h4-5,10H,3H2,1-2H3/t4-,5?/m0/s1. The highest BCUT2D eigenvalue weighted by atomic mass is 35.6. The van der Waals surface area contributed by atoms with Crippen molar-refractivity contribution >= 4 is 34.8 Å². The van der Waals surface area contributed by atoms with Crippen LogP contribution in [0.5, 0.6) is 0 Å². The quantitative estimate of drug-likeness (QED) is 0.688. The van der Waals surface area contributed by atoms with Crippen molar-refractivity contribution in [2.75, 3.05) is 0 Å². The number of rotatable bonds is 2. The lowest BCUT2D eigenvalue weighted by atomic mass is 10.0. The molecule has 0 aromatic carbocycles. The molecule has 0 heterocycles. The number of aliphatic hydroxyl groups excluding tert-OH is 1. The van der Waals surface area contributed by atoms with E-state index in [1.165, 1.54) is 0 Å². The van der Waals surface area contributed by atoms with Gasteiger partial charge in [-0.25, -0.2) is 0 Å². The van der Waals surface area contributed by atoms with Gasteiger partial charge in [-0.2, -0.15) is 0 Å². The maximum absolute atomic E-state index is 9.26. The fraction of sp³-hybridized carbons (Fsp3) is 1.00. The Bertz CT molecular complexity index is 99.7. The molecule has 62 valence electrons. The van der Waals surface area contributed by atoms with E-state index in [2.05, 4.69) is 0 Å². The van der Waals surface area contributed by atoms with Gasteiger partial charge in [0.15, 0.2) is 0 Å². The molecule has 0 aromatic rings. The van der Waals surface area contributed by atoms with Crippen LogP contribution in [0.15, 0.2) is 0 Å². The summed E-state index contributed by atoms with van der Waals surface area (Å²) >= 11 is 16.3. The van der Waals surface area contributed by atoms with Crippen molar-refractivity contribution in [1.82, 2.24) is 0 Å². The molecule has 0 amide bonds. The second kappa shape index (κ2) is 4.01. The maximum Gasteiger partial charge on any atom is 0.216 e. The zero-order valence-corrected chi connectivity index (χ0v) is 8.21. The number of aliphatic hydroxyl groups is 1. The second-order valence-electron chi connectivity index (χ2n) is 2.37. The molecule has 1 N–H and O–H groups in total. The van der Waals surface area contributed by atoms with Crippen LogP contribution in [0, 0.1) is 5.92 Å². The van der Waals surface area contributed by atoms with E-state index in [4.69, 9.17) is 34.8 Å². The molecule has 0 saturated heterocycles. The van der Waals surface area contributed by atoms with E-state index in [0.717, 1.165) is 6.42 Å². The summed E-state index contributed by atoms with van der Waals surface area (Å²) in [5.41, 5.74) is 0. The molecule has 0 fully saturated rings. The molecule has 0 radical (unpaired) electrons. The van der Waals surface area contributed by atoms with Crippen molar-refractivity contribution in [3.8, 4) is 0 Å². The molecule has 2 atom stereocenters. The monoisotopic (exact) mass is 204 g/mol. The summed E-state index contributed by atoms with van der Waals surface area (Å²) in [7, 11) is 0. The van der Waals surface area contributed by atoms with Gasteiger partial charge in [-0.05, 0) is 5.92 Å². The minimum Gasteiger partial charge on any atom is -0.388 e. The molecule has 0 bridgehead atoms. The fourth-order valence-electron chi connectivity index (χ4n) is 0.546. The normalized spacial score (nSPS) is 18.6. The van der Waals surface area contributed by atoms with E-state index >= 15 is 0 Å². The van der Waals surface area contributed by atoms with E-state index < -0.39 is 9.90 Å². The van der Waals surface area contributed by atoms with Crippen LogP contribution in [0.2, 0.25) is 0 Å². The Morgan fingerprint density at radius 1 is 1.40 bits per heavy atom. The number of hydrogen-bond donors (Lipinski definition) is 1. The molecule has 0 spiro atoms. The summed E-state index contributed by atoms with van der Waals surface area (Å²) in [4.78, 5) is 0. The predicted octanol–water partition coefficient (Wildman–Crippen LogP) is 2.76. The lowest BCUT2D eigenvalue weighted by Crippen LogP contribution is -2.31. The first kappa shape index (κ1) is 10.8. The van der Waals surface area contributed by atoms with Gasteiger partial charge in [0.25, 0.3) is 0 Å². The highest BCUT2D eigenvalue weighted by molar-refractivity contribution is 6.68. The zero-order chi connectivity index (χ0) is 8.36. The summed E-state index contributed by atoms with van der Waals surface area (Å²) in [5.74, 6) is 0.0208. The Morgan fingerprint density at radius 3 is 1.90 bits per heavy atom. The van der Waals surface area contributed by atoms with Crippen molar-refractivity contribution in [2.45, 2.75) is 30.2 Å². The van der Waals surface area contributed by atoms with Gasteiger partial charge in [0.2, 0.25) is 3.79 Å². The first-order valence-electron chi connectivity index (χ1n) is 3.14. The molecular weight excluding hydrogens is 194 g/mol. The second-order valence-corrected chi connectivity index (χ2v) is 4.74. The van der Waals surface area contributed by atoms with Gasteiger partial charge in [-0.1, -0.05) is 55.1 Å². The average Bonchev–Trinajstić information content (AvgIpc) is 1.83. The van der Waals surface area contributed by atoms with Gasteiger partial charge in [-0.15, -0.1) is 0 Å². The van der Waals surface area contributed by atoms with Crippen LogP contribution in [0.1, 0.15) is 20.3 Å². The third-order valence-corrected chi connectivity index (χ3v) is 2.19. The van der Waals surface area contributed by atoms with Crippen LogP contribution in [-0.2, 0) is 0 Å². The highest BCUT2D eigenvalue weighted by Crippen LogP contribution is 2.34. The molecule has 10 heavy (non-hydrogen) atoms. The van der Waals surface area contributed by atoms with Crippen molar-refractivity contribution in [2.24, 2.45) is 5.92 Å². The molecule has 1 nitrogen and oxygen atoms in total. The summed E-state index contributed by atoms with van der Waals surface area (Å²) in [6.45, 7) is 3.77. The summed E-state index contributed by atoms with van der Waals surface area (Å²) in [6, 6.07) is 0. The Labute approximate surface area is 76.3 Å². The van der Waals surface area contributed by atoms with E-state index in [0.29, 0.717) is 0 Å². The molecule has 1 unspecified atom stereocenters. The highest BCUT2D eigenvalue weighted by Gasteiger charge is 2.33. The van der Waals surface area contributed by atoms with Crippen molar-refractivity contribution in [1.29, 1.82) is 0 Å². The lowest BCUT2D eigenvalue weighted by molar-refractivity contribution is 0.118. The number of alkyl halides is 3. The third-order valence-electron chi connectivity index (χ3n) is 1.52. The van der Waals surface area contributed by atoms with Crippen LogP contribution >= 0.6 is 34.8 Å². The first-order valence-corrected chi connectivity index (χ1v) is 4.27. The minimum absolute atomic E-state index is 0.0208. The topological polar surface area (TPSA) is 20.2 Å². The maximum atomic E-state index is 9.26. The van der Waals surface area contributed by atoms with E-state index in [1.807, 2.05) is 13.8 Å². The molecule has 0 aliphatic rings. The van der Waals surface area contributed by atoms with Gasteiger partial charge in [-0.3, -0.25) is 0 Å². The molecule has 0 aromatic heterocycles. The Balaban J connectivity index is 3.94. The van der Waals surface area contributed by atoms with Crippen LogP contribution in [0.4, 0.5) is 0 Å². The zero-order valence-electron chi connectivity index (χ0n) is 5.94. The van der Waals surface area contributed by atoms with Crippen molar-refractivity contribution in [3.05, 3.63) is 0 Å². The predicted molar refractivity (Wildman–Crippen MR) is 45.8 cm³/mol. The van der Waals surface area contributed by atoms with Crippen LogP contribution in [-0.4, -0.2) is 15.0 Å². The summed E-state index contributed by atoms with van der Waals surface area (Å²) < 4.78 is -1.55. The van der Waals surface area contributed by atoms with Crippen molar-refractivity contribution < 1.29 is 5.11 Å². The summed E-state index contributed by atoms with van der Waals surface area (Å²) in [6.07, 6.45) is -0.0720. The van der Waals surface area contributed by atoms with Gasteiger partial charge in [0.1, 0.15) is 6.10 Å². The van der Waals surface area contributed by atoms with Gasteiger partial charge < -0.3 is 5.11 Å². The van der Waals surface area contributed by atoms with E-state index in [9.17, 15) is 5.11 Å². The summed E-state index contributed by atoms with van der Waals surface area (Å²) in [5, 5.41) is 9.26. The Morgan fingerprint density at radius 2 is 1.80 bits per heavy atom. The molecule has 0 saturated carbocycles. The molecular formula is C6H11Cl3O. The average molecular weight is 206 g/mol. The minimum atomic E-state index is -1.55. The SMILES string of the molecule is CC[C@H](C)C(O)C(Cl)(Cl)Cl. The van der Waals surface area contributed by atoms with E-state index in [-0.39, 0.29) is 5.92 Å². The molecule has 0 aliphatic carbocycles. The largest absolute Gasteiger partial charge is 0.388 e. The van der Waals surface area contributed by atoms with Crippen LogP contribution in [0.3, 0.4) is 0 Å². The lowest BCUT2D eigenvalue weighted by Gasteiger charge is -2.23. The van der Waals surface area contributed by atoms with Gasteiger partial charge in [0.05, 0.1) is 0 Å². The molecule has 0 rings (SSSR count). The number of hydrogen-bond acceptors (Lipinski definition) is 1. The Kier molecular flexibility index (Phi) is 4.34. The van der Waals surface area contributed by atoms with Crippen LogP contribution < -0.4 is 0 Å². The Hall–Kier alpha value is 0.830. The smallest absolute Gasteiger partial charge is 0.216 e. The van der Waals surface area contributed by atoms with Gasteiger partial charge >= 0.3 is 0 Å². The molecule has 4 heteroatoms. The first-order chi connectivity index (χ1) is 4.39. The van der Waals surface area contributed by atoms with E-state index in [1.54, 1.807) is 0 Å². The fourth-order valence-corrected chi connectivity index (χ4v) is 1.19. The number of halogens is 3. The van der Waals surface area contributed by atoms with Crippen molar-refractivity contribution in [3.63, 3.8) is 0 Å². The van der Waals surface area contributed by atoms with Gasteiger partial charge in [0, 0.05) is 0 Å². The van der Waals surface area contributed by atoms with Crippen LogP contribution in [0.25, 0.3) is 0 Å².